The first-order chi connectivity index (χ1) is 7.83. The lowest BCUT2D eigenvalue weighted by molar-refractivity contribution is 0.612. The molecule has 16 heavy (non-hydrogen) atoms. The van der Waals surface area contributed by atoms with Gasteiger partial charge in [-0.3, -0.25) is 4.98 Å². The summed E-state index contributed by atoms with van der Waals surface area (Å²) in [5.41, 5.74) is 1.86. The zero-order valence-electron chi connectivity index (χ0n) is 8.94. The fourth-order valence-electron chi connectivity index (χ4n) is 1.49. The summed E-state index contributed by atoms with van der Waals surface area (Å²) < 4.78 is 0. The molecule has 0 saturated heterocycles. The first-order valence-corrected chi connectivity index (χ1v) is 7.31. The normalized spacial score (nSPS) is 12.9. The second-order valence-electron chi connectivity index (χ2n) is 3.42. The fraction of sp³-hybridized carbons (Fsp3) is 0.364. The van der Waals surface area contributed by atoms with Gasteiger partial charge in [-0.15, -0.1) is 22.7 Å². The largest absolute Gasteiger partial charge is 0.305 e. The number of hydrogen-bond donors (Lipinski definition) is 1. The van der Waals surface area contributed by atoms with E-state index in [1.54, 1.807) is 22.7 Å². The SMILES string of the molecule is CCCNC(c1cncs1)c1sccc1Cl. The Morgan fingerprint density at radius 1 is 1.50 bits per heavy atom. The molecule has 0 saturated carbocycles. The van der Waals surface area contributed by atoms with E-state index in [1.807, 2.05) is 23.2 Å². The van der Waals surface area contributed by atoms with Crippen LogP contribution >= 0.6 is 34.3 Å². The maximum Gasteiger partial charge on any atom is 0.0796 e. The Labute approximate surface area is 108 Å². The van der Waals surface area contributed by atoms with Gasteiger partial charge in [0.2, 0.25) is 0 Å². The van der Waals surface area contributed by atoms with Gasteiger partial charge in [0.25, 0.3) is 0 Å². The molecule has 86 valence electrons. The molecule has 0 fully saturated rings. The highest BCUT2D eigenvalue weighted by atomic mass is 35.5. The summed E-state index contributed by atoms with van der Waals surface area (Å²) in [6.45, 7) is 3.14. The molecule has 0 aliphatic rings. The predicted molar refractivity (Wildman–Crippen MR) is 71.6 cm³/mol. The van der Waals surface area contributed by atoms with E-state index >= 15 is 0 Å². The molecule has 0 aliphatic heterocycles. The number of thiophene rings is 1. The third kappa shape index (κ3) is 2.63. The van der Waals surface area contributed by atoms with Gasteiger partial charge < -0.3 is 5.32 Å². The molecule has 1 N–H and O–H groups in total. The molecule has 1 unspecified atom stereocenters. The number of nitrogens with zero attached hydrogens (tertiary/aromatic N) is 1. The lowest BCUT2D eigenvalue weighted by Gasteiger charge is -2.15. The minimum atomic E-state index is 0.194. The average Bonchev–Trinajstić information content (AvgIpc) is 2.91. The monoisotopic (exact) mass is 272 g/mol. The first kappa shape index (κ1) is 12.0. The van der Waals surface area contributed by atoms with Crippen LogP contribution in [0.3, 0.4) is 0 Å². The molecule has 0 aromatic carbocycles. The van der Waals surface area contributed by atoms with Crippen molar-refractivity contribution in [1.82, 2.24) is 10.3 Å². The summed E-state index contributed by atoms with van der Waals surface area (Å²) >= 11 is 9.54. The molecular weight excluding hydrogens is 260 g/mol. The summed E-state index contributed by atoms with van der Waals surface area (Å²) in [7, 11) is 0. The lowest BCUT2D eigenvalue weighted by Crippen LogP contribution is -2.21. The highest BCUT2D eigenvalue weighted by molar-refractivity contribution is 7.11. The molecule has 0 bridgehead atoms. The topological polar surface area (TPSA) is 24.9 Å². The quantitative estimate of drug-likeness (QED) is 0.892. The van der Waals surface area contributed by atoms with Gasteiger partial charge in [-0.1, -0.05) is 18.5 Å². The van der Waals surface area contributed by atoms with Crippen molar-refractivity contribution in [3.63, 3.8) is 0 Å². The van der Waals surface area contributed by atoms with Crippen molar-refractivity contribution >= 4 is 34.3 Å². The Morgan fingerprint density at radius 2 is 2.38 bits per heavy atom. The molecule has 2 rings (SSSR count). The van der Waals surface area contributed by atoms with Crippen LogP contribution in [0, 0.1) is 0 Å². The van der Waals surface area contributed by atoms with Crippen molar-refractivity contribution in [1.29, 1.82) is 0 Å². The van der Waals surface area contributed by atoms with Crippen molar-refractivity contribution in [2.45, 2.75) is 19.4 Å². The predicted octanol–water partition coefficient (Wildman–Crippen LogP) is 3.95. The van der Waals surface area contributed by atoms with E-state index in [0.717, 1.165) is 18.0 Å². The summed E-state index contributed by atoms with van der Waals surface area (Å²) in [6.07, 6.45) is 3.02. The van der Waals surface area contributed by atoms with Gasteiger partial charge in [-0.25, -0.2) is 0 Å². The van der Waals surface area contributed by atoms with Gasteiger partial charge in [0, 0.05) is 16.0 Å². The van der Waals surface area contributed by atoms with Crippen molar-refractivity contribution in [2.75, 3.05) is 6.54 Å². The van der Waals surface area contributed by atoms with Gasteiger partial charge in [0.05, 0.1) is 16.6 Å². The third-order valence-corrected chi connectivity index (χ3v) is 4.51. The number of halogens is 1. The van der Waals surface area contributed by atoms with Gasteiger partial charge in [0.15, 0.2) is 0 Å². The van der Waals surface area contributed by atoms with Crippen LogP contribution in [-0.4, -0.2) is 11.5 Å². The van der Waals surface area contributed by atoms with Crippen LogP contribution < -0.4 is 5.32 Å². The standard InChI is InChI=1S/C11H13ClN2S2/c1-2-4-14-10(9-6-13-7-16-9)11-8(12)3-5-15-11/h3,5-7,10,14H,2,4H2,1H3. The second kappa shape index (κ2) is 5.77. The van der Waals surface area contributed by atoms with Crippen LogP contribution in [0.4, 0.5) is 0 Å². The Kier molecular flexibility index (Phi) is 4.35. The zero-order chi connectivity index (χ0) is 11.4. The average molecular weight is 273 g/mol. The van der Waals surface area contributed by atoms with Crippen molar-refractivity contribution in [2.24, 2.45) is 0 Å². The summed E-state index contributed by atoms with van der Waals surface area (Å²) in [5, 5.41) is 6.38. The minimum absolute atomic E-state index is 0.194. The number of rotatable bonds is 5. The van der Waals surface area contributed by atoms with E-state index in [-0.39, 0.29) is 6.04 Å². The first-order valence-electron chi connectivity index (χ1n) is 5.17. The second-order valence-corrected chi connectivity index (χ2v) is 5.70. The third-order valence-electron chi connectivity index (χ3n) is 2.24. The highest BCUT2D eigenvalue weighted by Crippen LogP contribution is 2.34. The van der Waals surface area contributed by atoms with Gasteiger partial charge in [0.1, 0.15) is 0 Å². The maximum atomic E-state index is 6.19. The smallest absolute Gasteiger partial charge is 0.0796 e. The van der Waals surface area contributed by atoms with Crippen molar-refractivity contribution in [3.05, 3.63) is 37.9 Å². The summed E-state index contributed by atoms with van der Waals surface area (Å²) in [5.74, 6) is 0. The van der Waals surface area contributed by atoms with Crippen LogP contribution in [0.5, 0.6) is 0 Å². The molecule has 2 aromatic heterocycles. The summed E-state index contributed by atoms with van der Waals surface area (Å²) in [4.78, 5) is 6.53. The van der Waals surface area contributed by atoms with Gasteiger partial charge >= 0.3 is 0 Å². The van der Waals surface area contributed by atoms with E-state index in [9.17, 15) is 0 Å². The van der Waals surface area contributed by atoms with E-state index < -0.39 is 0 Å². The van der Waals surface area contributed by atoms with Crippen LogP contribution in [-0.2, 0) is 0 Å². The fourth-order valence-corrected chi connectivity index (χ4v) is 3.53. The Bertz CT molecular complexity index is 425. The van der Waals surface area contributed by atoms with E-state index in [0.29, 0.717) is 0 Å². The molecule has 0 aliphatic carbocycles. The molecule has 1 atom stereocenters. The molecule has 0 radical (unpaired) electrons. The van der Waals surface area contributed by atoms with Crippen molar-refractivity contribution in [3.8, 4) is 0 Å². The van der Waals surface area contributed by atoms with Crippen molar-refractivity contribution < 1.29 is 0 Å². The molecular formula is C11H13ClN2S2. The van der Waals surface area contributed by atoms with Crippen LogP contribution in [0.1, 0.15) is 29.1 Å². The number of nitrogens with one attached hydrogen (secondary N) is 1. The van der Waals surface area contributed by atoms with Gasteiger partial charge in [-0.2, -0.15) is 0 Å². The Morgan fingerprint density at radius 3 is 2.94 bits per heavy atom. The molecule has 0 spiro atoms. The lowest BCUT2D eigenvalue weighted by atomic mass is 10.2. The Hall–Kier alpha value is -0.420. The highest BCUT2D eigenvalue weighted by Gasteiger charge is 2.18. The van der Waals surface area contributed by atoms with Crippen LogP contribution in [0.15, 0.2) is 23.2 Å². The van der Waals surface area contributed by atoms with Gasteiger partial charge in [-0.05, 0) is 24.4 Å². The Balaban J connectivity index is 2.25. The van der Waals surface area contributed by atoms with Crippen LogP contribution in [0.25, 0.3) is 0 Å². The minimum Gasteiger partial charge on any atom is -0.305 e. The van der Waals surface area contributed by atoms with E-state index in [2.05, 4.69) is 17.2 Å². The van der Waals surface area contributed by atoms with E-state index in [4.69, 9.17) is 11.6 Å². The van der Waals surface area contributed by atoms with Crippen LogP contribution in [0.2, 0.25) is 5.02 Å². The summed E-state index contributed by atoms with van der Waals surface area (Å²) in [6, 6.07) is 2.14. The molecule has 2 nitrogen and oxygen atoms in total. The number of aromatic nitrogens is 1. The molecule has 5 heteroatoms. The number of hydrogen-bond acceptors (Lipinski definition) is 4. The maximum absolute atomic E-state index is 6.19. The molecule has 0 amide bonds. The van der Waals surface area contributed by atoms with E-state index in [1.165, 1.54) is 9.75 Å². The molecule has 2 heterocycles. The number of thiazole rings is 1. The molecule has 2 aromatic rings. The zero-order valence-corrected chi connectivity index (χ0v) is 11.3.